The van der Waals surface area contributed by atoms with E-state index < -0.39 is 32.3 Å². The van der Waals surface area contributed by atoms with Gasteiger partial charge >= 0.3 is 0 Å². The predicted molar refractivity (Wildman–Crippen MR) is 142 cm³/mol. The number of hydrogen-bond donors (Lipinski definition) is 0. The quantitative estimate of drug-likeness (QED) is 0.415. The topological polar surface area (TPSA) is 74.8 Å². The normalized spacial score (nSPS) is 19.7. The van der Waals surface area contributed by atoms with Crippen molar-refractivity contribution < 1.29 is 16.8 Å². The molecule has 0 N–H and O–H groups in total. The molecule has 2 atom stereocenters. The largest absolute Gasteiger partial charge is 0.244 e. The van der Waals surface area contributed by atoms with E-state index in [2.05, 4.69) is 0 Å². The fourth-order valence-electron chi connectivity index (χ4n) is 4.81. The minimum absolute atomic E-state index is 0.108. The molecule has 0 radical (unpaired) electrons. The van der Waals surface area contributed by atoms with Gasteiger partial charge in [-0.25, -0.2) is 16.8 Å². The summed E-state index contributed by atoms with van der Waals surface area (Å²) in [4.78, 5) is 0.346. The van der Waals surface area contributed by atoms with Gasteiger partial charge in [0.25, 0.3) is 0 Å². The van der Waals surface area contributed by atoms with Crippen LogP contribution < -0.4 is 0 Å². The van der Waals surface area contributed by atoms with Crippen molar-refractivity contribution in [1.82, 2.24) is 8.61 Å². The van der Waals surface area contributed by atoms with Crippen LogP contribution in [0.25, 0.3) is 0 Å². The average molecular weight is 527 g/mol. The number of benzene rings is 3. The van der Waals surface area contributed by atoms with Crippen molar-refractivity contribution in [3.8, 4) is 0 Å². The van der Waals surface area contributed by atoms with Gasteiger partial charge in [0.05, 0.1) is 16.0 Å². The Morgan fingerprint density at radius 1 is 0.750 bits per heavy atom. The van der Waals surface area contributed by atoms with Crippen molar-refractivity contribution in [1.29, 1.82) is 0 Å². The van der Waals surface area contributed by atoms with Crippen LogP contribution in [-0.4, -0.2) is 44.2 Å². The summed E-state index contributed by atoms with van der Waals surface area (Å²) in [6.07, 6.45) is -0.0733. The van der Waals surface area contributed by atoms with Crippen LogP contribution in [-0.2, 0) is 26.5 Å². The molecule has 6 nitrogen and oxygen atoms in total. The molecule has 192 valence electrons. The smallest absolute Gasteiger partial charge is 0.207 e. The van der Waals surface area contributed by atoms with Crippen LogP contribution in [0.3, 0.4) is 0 Å². The van der Waals surface area contributed by atoms with Gasteiger partial charge in [-0.05, 0) is 56.0 Å². The van der Waals surface area contributed by atoms with E-state index in [1.54, 1.807) is 48.5 Å². The molecule has 0 aromatic heterocycles. The Hall–Kier alpha value is -2.52. The highest BCUT2D eigenvalue weighted by atomic mass is 32.2. The van der Waals surface area contributed by atoms with Crippen LogP contribution in [0.4, 0.5) is 0 Å². The molecule has 0 saturated carbocycles. The van der Waals surface area contributed by atoms with Crippen molar-refractivity contribution in [3.63, 3.8) is 0 Å². The number of hydrogen-bond acceptors (Lipinski definition) is 4. The molecule has 1 aliphatic heterocycles. The minimum Gasteiger partial charge on any atom is -0.207 e. The molecule has 0 bridgehead atoms. The lowest BCUT2D eigenvalue weighted by molar-refractivity contribution is 0.253. The molecule has 0 amide bonds. The van der Waals surface area contributed by atoms with E-state index in [-0.39, 0.29) is 28.7 Å². The van der Waals surface area contributed by atoms with Gasteiger partial charge in [-0.15, -0.1) is 0 Å². The summed E-state index contributed by atoms with van der Waals surface area (Å²) in [6, 6.07) is 22.5. The first kappa shape index (κ1) is 26.5. The maximum atomic E-state index is 14.1. The third-order valence-electron chi connectivity index (χ3n) is 6.61. The van der Waals surface area contributed by atoms with Crippen molar-refractivity contribution in [2.45, 2.75) is 62.5 Å². The summed E-state index contributed by atoms with van der Waals surface area (Å²) < 4.78 is 58.9. The Bertz CT molecular complexity index is 1390. The number of sulfonamides is 2. The third-order valence-corrected chi connectivity index (χ3v) is 10.4. The van der Waals surface area contributed by atoms with Crippen LogP contribution in [0.2, 0.25) is 0 Å². The molecule has 0 unspecified atom stereocenters. The predicted octanol–water partition coefficient (Wildman–Crippen LogP) is 4.98. The second-order valence-electron chi connectivity index (χ2n) is 9.99. The average Bonchev–Trinajstić information content (AvgIpc) is 3.18. The van der Waals surface area contributed by atoms with E-state index in [9.17, 15) is 16.8 Å². The molecular weight excluding hydrogens is 492 g/mol. The lowest BCUT2D eigenvalue weighted by Gasteiger charge is -2.31. The molecule has 1 heterocycles. The first-order valence-corrected chi connectivity index (χ1v) is 15.1. The second-order valence-corrected chi connectivity index (χ2v) is 13.7. The van der Waals surface area contributed by atoms with Crippen LogP contribution in [0.5, 0.6) is 0 Å². The third kappa shape index (κ3) is 5.42. The zero-order chi connectivity index (χ0) is 26.1. The molecule has 1 saturated heterocycles. The number of aryl methyl sites for hydroxylation is 2. The van der Waals surface area contributed by atoms with Crippen LogP contribution in [0.15, 0.2) is 88.7 Å². The van der Waals surface area contributed by atoms with Gasteiger partial charge in [-0.1, -0.05) is 79.6 Å². The molecule has 0 aliphatic carbocycles. The van der Waals surface area contributed by atoms with Crippen molar-refractivity contribution in [2.24, 2.45) is 5.92 Å². The molecule has 4 rings (SSSR count). The fourth-order valence-corrected chi connectivity index (χ4v) is 8.26. The van der Waals surface area contributed by atoms with Gasteiger partial charge in [0.2, 0.25) is 20.0 Å². The summed E-state index contributed by atoms with van der Waals surface area (Å²) in [5, 5.41) is 0. The van der Waals surface area contributed by atoms with E-state index >= 15 is 0 Å². The van der Waals surface area contributed by atoms with E-state index in [1.807, 2.05) is 58.0 Å². The highest BCUT2D eigenvalue weighted by Crippen LogP contribution is 2.37. The summed E-state index contributed by atoms with van der Waals surface area (Å²) in [5.74, 6) is 0.185. The summed E-state index contributed by atoms with van der Waals surface area (Å²) in [7, 11) is -7.92. The van der Waals surface area contributed by atoms with Gasteiger partial charge in [0, 0.05) is 19.0 Å². The van der Waals surface area contributed by atoms with E-state index in [1.165, 1.54) is 8.61 Å². The van der Waals surface area contributed by atoms with Crippen molar-refractivity contribution >= 4 is 20.0 Å². The maximum Gasteiger partial charge on any atom is 0.244 e. The maximum absolute atomic E-state index is 14.1. The summed E-state index contributed by atoms with van der Waals surface area (Å²) in [5.41, 5.74) is 2.79. The molecule has 1 fully saturated rings. The molecule has 1 aliphatic rings. The Labute approximate surface area is 215 Å². The van der Waals surface area contributed by atoms with E-state index in [0.717, 1.165) is 16.7 Å². The second kappa shape index (κ2) is 10.5. The Morgan fingerprint density at radius 3 is 1.75 bits per heavy atom. The molecular formula is C28H34N2O4S2. The number of nitrogens with zero attached hydrogens (tertiary/aromatic N) is 2. The van der Waals surface area contributed by atoms with E-state index in [0.29, 0.717) is 6.42 Å². The Morgan fingerprint density at radius 2 is 1.25 bits per heavy atom. The van der Waals surface area contributed by atoms with Gasteiger partial charge in [-0.2, -0.15) is 8.61 Å². The Kier molecular flexibility index (Phi) is 7.71. The van der Waals surface area contributed by atoms with Crippen LogP contribution in [0, 0.1) is 19.8 Å². The van der Waals surface area contributed by atoms with Crippen LogP contribution in [0.1, 0.15) is 37.0 Å². The monoisotopic (exact) mass is 526 g/mol. The molecule has 36 heavy (non-hydrogen) atoms. The van der Waals surface area contributed by atoms with Gasteiger partial charge in [0.1, 0.15) is 0 Å². The van der Waals surface area contributed by atoms with Crippen LogP contribution >= 0.6 is 0 Å². The standard InChI is InChI=1S/C28H34N2O4S2/c1-21(2)18-25-20-29(35(31,32)26-14-10-22(3)11-15-26)28(19-24-8-6-5-7-9-24)30(25)36(33,34)27-16-12-23(4)13-17-27/h5-17,21,25,28H,18-20H2,1-4H3/t25-,28+/m0/s1. The molecule has 0 spiro atoms. The lowest BCUT2D eigenvalue weighted by Crippen LogP contribution is -2.47. The molecule has 3 aromatic carbocycles. The van der Waals surface area contributed by atoms with E-state index in [4.69, 9.17) is 0 Å². The highest BCUT2D eigenvalue weighted by molar-refractivity contribution is 7.90. The van der Waals surface area contributed by atoms with Gasteiger partial charge in [-0.3, -0.25) is 0 Å². The zero-order valence-corrected chi connectivity index (χ0v) is 22.8. The SMILES string of the molecule is Cc1ccc(S(=O)(=O)N2C[C@H](CC(C)C)N(S(=O)(=O)c3ccc(C)cc3)[C@@H]2Cc2ccccc2)cc1. The zero-order valence-electron chi connectivity index (χ0n) is 21.2. The number of rotatable bonds is 8. The summed E-state index contributed by atoms with van der Waals surface area (Å²) >= 11 is 0. The Balaban J connectivity index is 1.86. The van der Waals surface area contributed by atoms with Crippen molar-refractivity contribution in [3.05, 3.63) is 95.6 Å². The summed E-state index contributed by atoms with van der Waals surface area (Å²) in [6.45, 7) is 7.97. The van der Waals surface area contributed by atoms with Gasteiger partial charge in [0.15, 0.2) is 0 Å². The van der Waals surface area contributed by atoms with Gasteiger partial charge < -0.3 is 0 Å². The first-order valence-electron chi connectivity index (χ1n) is 12.2. The highest BCUT2D eigenvalue weighted by Gasteiger charge is 2.51. The lowest BCUT2D eigenvalue weighted by atomic mass is 10.0. The first-order chi connectivity index (χ1) is 17.0. The molecule has 3 aromatic rings. The minimum atomic E-state index is -3.97. The van der Waals surface area contributed by atoms with Crippen molar-refractivity contribution in [2.75, 3.05) is 6.54 Å². The fraction of sp³-hybridized carbons (Fsp3) is 0.357. The molecule has 8 heteroatoms.